The van der Waals surface area contributed by atoms with Crippen LogP contribution >= 0.6 is 0 Å². The van der Waals surface area contributed by atoms with Crippen molar-refractivity contribution in [2.24, 2.45) is 0 Å². The number of benzene rings is 1. The van der Waals surface area contributed by atoms with Crippen molar-refractivity contribution in [3.8, 4) is 0 Å². The maximum absolute atomic E-state index is 12.7. The van der Waals surface area contributed by atoms with E-state index in [0.717, 1.165) is 12.1 Å². The van der Waals surface area contributed by atoms with Crippen molar-refractivity contribution in [3.05, 3.63) is 48.5 Å². The fourth-order valence-electron chi connectivity index (χ4n) is 2.53. The molecule has 0 unspecified atom stereocenters. The van der Waals surface area contributed by atoms with Gasteiger partial charge in [-0.3, -0.25) is 4.90 Å². The third-order valence-corrected chi connectivity index (χ3v) is 5.60. The molecule has 0 spiro atoms. The molecule has 1 aliphatic rings. The van der Waals surface area contributed by atoms with Gasteiger partial charge in [-0.15, -0.1) is 0 Å². The van der Waals surface area contributed by atoms with Crippen molar-refractivity contribution in [3.63, 3.8) is 0 Å². The van der Waals surface area contributed by atoms with Gasteiger partial charge in [0.05, 0.1) is 28.5 Å². The number of carbonyl (C=O) groups excluding carboxylic acids is 1. The van der Waals surface area contributed by atoms with Gasteiger partial charge in [-0.05, 0) is 30.7 Å². The van der Waals surface area contributed by atoms with Crippen molar-refractivity contribution >= 4 is 21.7 Å². The summed E-state index contributed by atoms with van der Waals surface area (Å²) >= 11 is 0. The minimum Gasteiger partial charge on any atom is -0.290 e. The summed E-state index contributed by atoms with van der Waals surface area (Å²) in [7, 11) is -4.28. The van der Waals surface area contributed by atoms with Crippen LogP contribution in [0.5, 0.6) is 0 Å². The predicted octanol–water partition coefficient (Wildman–Crippen LogP) is 2.52. The number of nitrogens with zero attached hydrogens (tertiary/aromatic N) is 4. The van der Waals surface area contributed by atoms with Crippen LogP contribution in [0.3, 0.4) is 0 Å². The lowest BCUT2D eigenvalue weighted by Crippen LogP contribution is -2.51. The summed E-state index contributed by atoms with van der Waals surface area (Å²) in [6.45, 7) is 0.220. The first-order chi connectivity index (χ1) is 12.2. The lowest BCUT2D eigenvalue weighted by atomic mass is 10.2. The molecule has 26 heavy (non-hydrogen) atoms. The smallest absolute Gasteiger partial charge is 0.290 e. The first-order valence-corrected chi connectivity index (χ1v) is 8.92. The SMILES string of the molecule is O=C1N(c2cncnc2)CCCN1S(=O)(=O)c1ccc(C(F)(F)F)cc1. The van der Waals surface area contributed by atoms with E-state index in [1.165, 1.54) is 23.6 Å². The summed E-state index contributed by atoms with van der Waals surface area (Å²) < 4.78 is 64.0. The minimum absolute atomic E-state index is 0.0631. The van der Waals surface area contributed by atoms with Gasteiger partial charge in [0.15, 0.2) is 0 Å². The topological polar surface area (TPSA) is 83.5 Å². The van der Waals surface area contributed by atoms with Gasteiger partial charge in [-0.2, -0.15) is 13.2 Å². The number of carbonyl (C=O) groups is 1. The van der Waals surface area contributed by atoms with Crippen LogP contribution in [-0.2, 0) is 16.2 Å². The van der Waals surface area contributed by atoms with Crippen molar-refractivity contribution in [1.29, 1.82) is 0 Å². The summed E-state index contributed by atoms with van der Waals surface area (Å²) in [6.07, 6.45) is -0.194. The van der Waals surface area contributed by atoms with E-state index in [4.69, 9.17) is 0 Å². The van der Waals surface area contributed by atoms with E-state index in [0.29, 0.717) is 28.5 Å². The van der Waals surface area contributed by atoms with E-state index in [1.807, 2.05) is 0 Å². The average Bonchev–Trinajstić information content (AvgIpc) is 2.62. The highest BCUT2D eigenvalue weighted by molar-refractivity contribution is 7.89. The zero-order chi connectivity index (χ0) is 18.9. The van der Waals surface area contributed by atoms with Crippen LogP contribution in [0.25, 0.3) is 0 Å². The Morgan fingerprint density at radius 1 is 1.00 bits per heavy atom. The van der Waals surface area contributed by atoms with Crippen LogP contribution in [0, 0.1) is 0 Å². The number of anilines is 1. The lowest BCUT2D eigenvalue weighted by molar-refractivity contribution is -0.137. The molecule has 0 atom stereocenters. The number of hydrogen-bond acceptors (Lipinski definition) is 5. The summed E-state index contributed by atoms with van der Waals surface area (Å²) in [6, 6.07) is 2.23. The first kappa shape index (κ1) is 18.1. The maximum atomic E-state index is 12.7. The molecule has 0 bridgehead atoms. The summed E-state index contributed by atoms with van der Waals surface area (Å²) in [4.78, 5) is 21.0. The van der Waals surface area contributed by atoms with Gasteiger partial charge in [0.1, 0.15) is 6.33 Å². The number of rotatable bonds is 3. The molecule has 7 nitrogen and oxygen atoms in total. The summed E-state index contributed by atoms with van der Waals surface area (Å²) in [5.74, 6) is 0. The Balaban J connectivity index is 1.90. The molecule has 2 amide bonds. The molecular weight excluding hydrogens is 373 g/mol. The highest BCUT2D eigenvalue weighted by atomic mass is 32.2. The number of hydrogen-bond donors (Lipinski definition) is 0. The molecule has 0 N–H and O–H groups in total. The van der Waals surface area contributed by atoms with Crippen LogP contribution in [0.2, 0.25) is 0 Å². The quantitative estimate of drug-likeness (QED) is 0.809. The Morgan fingerprint density at radius 3 is 2.19 bits per heavy atom. The molecule has 0 saturated carbocycles. The molecule has 1 saturated heterocycles. The van der Waals surface area contributed by atoms with Crippen molar-refractivity contribution in [2.75, 3.05) is 18.0 Å². The number of amides is 2. The van der Waals surface area contributed by atoms with Crippen molar-refractivity contribution in [2.45, 2.75) is 17.5 Å². The number of urea groups is 1. The van der Waals surface area contributed by atoms with Crippen LogP contribution in [0.15, 0.2) is 47.9 Å². The van der Waals surface area contributed by atoms with Gasteiger partial charge in [0.25, 0.3) is 10.0 Å². The van der Waals surface area contributed by atoms with Gasteiger partial charge in [0.2, 0.25) is 0 Å². The number of alkyl halides is 3. The van der Waals surface area contributed by atoms with Gasteiger partial charge < -0.3 is 0 Å². The molecule has 138 valence electrons. The zero-order valence-corrected chi connectivity index (χ0v) is 14.0. The van der Waals surface area contributed by atoms with Crippen molar-refractivity contribution < 1.29 is 26.4 Å². The standard InChI is InChI=1S/C15H13F3N4O3S/c16-15(17,18)11-2-4-13(5-3-11)26(24,25)22-7-1-6-21(14(22)23)12-8-19-10-20-9-12/h2-5,8-10H,1,6-7H2. The second kappa shape index (κ2) is 6.56. The molecule has 0 radical (unpaired) electrons. The van der Waals surface area contributed by atoms with Crippen LogP contribution in [-0.4, -0.2) is 41.8 Å². The van der Waals surface area contributed by atoms with Crippen LogP contribution in [0.1, 0.15) is 12.0 Å². The Labute approximate surface area is 147 Å². The Kier molecular flexibility index (Phi) is 4.57. The molecule has 1 aromatic heterocycles. The van der Waals surface area contributed by atoms with Gasteiger partial charge in [0, 0.05) is 13.1 Å². The molecule has 3 rings (SSSR count). The summed E-state index contributed by atoms with van der Waals surface area (Å²) in [5.41, 5.74) is -0.630. The zero-order valence-electron chi connectivity index (χ0n) is 13.2. The lowest BCUT2D eigenvalue weighted by Gasteiger charge is -2.34. The summed E-state index contributed by atoms with van der Waals surface area (Å²) in [5, 5.41) is 0. The van der Waals surface area contributed by atoms with E-state index < -0.39 is 27.8 Å². The van der Waals surface area contributed by atoms with E-state index in [9.17, 15) is 26.4 Å². The second-order valence-corrected chi connectivity index (χ2v) is 7.35. The highest BCUT2D eigenvalue weighted by Gasteiger charge is 2.37. The molecule has 2 heterocycles. The molecule has 11 heteroatoms. The van der Waals surface area contributed by atoms with Crippen LogP contribution < -0.4 is 4.90 Å². The first-order valence-electron chi connectivity index (χ1n) is 7.48. The number of halogens is 3. The molecule has 1 fully saturated rings. The fraction of sp³-hybridized carbons (Fsp3) is 0.267. The third-order valence-electron chi connectivity index (χ3n) is 3.82. The molecular formula is C15H13F3N4O3S. The van der Waals surface area contributed by atoms with Gasteiger partial charge >= 0.3 is 12.2 Å². The van der Waals surface area contributed by atoms with E-state index in [2.05, 4.69) is 9.97 Å². The molecule has 1 aliphatic heterocycles. The van der Waals surface area contributed by atoms with Gasteiger partial charge in [-0.25, -0.2) is 27.5 Å². The third kappa shape index (κ3) is 3.34. The minimum atomic E-state index is -4.58. The largest absolute Gasteiger partial charge is 0.416 e. The average molecular weight is 386 g/mol. The van der Waals surface area contributed by atoms with E-state index in [1.54, 1.807) is 0 Å². The highest BCUT2D eigenvalue weighted by Crippen LogP contribution is 2.31. The monoisotopic (exact) mass is 386 g/mol. The van der Waals surface area contributed by atoms with Gasteiger partial charge in [-0.1, -0.05) is 0 Å². The normalized spacial score (nSPS) is 16.0. The number of aromatic nitrogens is 2. The van der Waals surface area contributed by atoms with E-state index in [-0.39, 0.29) is 18.0 Å². The predicted molar refractivity (Wildman–Crippen MR) is 84.7 cm³/mol. The van der Waals surface area contributed by atoms with Crippen molar-refractivity contribution in [1.82, 2.24) is 14.3 Å². The van der Waals surface area contributed by atoms with Crippen LogP contribution in [0.4, 0.5) is 23.7 Å². The number of sulfonamides is 1. The maximum Gasteiger partial charge on any atom is 0.416 e. The molecule has 2 aromatic rings. The molecule has 0 aliphatic carbocycles. The van der Waals surface area contributed by atoms with E-state index >= 15 is 0 Å². The molecule has 1 aromatic carbocycles. The Hall–Kier alpha value is -2.69. The fourth-order valence-corrected chi connectivity index (χ4v) is 3.94. The Morgan fingerprint density at radius 2 is 1.62 bits per heavy atom. The second-order valence-electron chi connectivity index (χ2n) is 5.48. The Bertz CT molecular complexity index is 902.